The Morgan fingerprint density at radius 3 is 2.18 bits per heavy atom. The maximum atomic E-state index is 2.31. The second kappa shape index (κ2) is 5.40. The summed E-state index contributed by atoms with van der Waals surface area (Å²) in [5.41, 5.74) is 1.56. The molecule has 0 saturated carbocycles. The highest BCUT2D eigenvalue weighted by Crippen LogP contribution is 2.24. The quantitative estimate of drug-likeness (QED) is 0.536. The molecule has 0 radical (unpaired) electrons. The Kier molecular flexibility index (Phi) is 5.27. The van der Waals surface area contributed by atoms with Crippen LogP contribution in [0.15, 0.2) is 11.6 Å². The monoisotopic (exact) mass is 154 g/mol. The minimum absolute atomic E-state index is 0.797. The SMILES string of the molecule is C/C=C(\C)[C@@H](CCC)C(C)C. The summed E-state index contributed by atoms with van der Waals surface area (Å²) >= 11 is 0. The van der Waals surface area contributed by atoms with Crippen molar-refractivity contribution in [3.05, 3.63) is 11.6 Å². The van der Waals surface area contributed by atoms with Crippen molar-refractivity contribution in [3.63, 3.8) is 0 Å². The normalized spacial score (nSPS) is 15.6. The molecular formula is C11H22. The van der Waals surface area contributed by atoms with Gasteiger partial charge < -0.3 is 0 Å². The number of allylic oxidation sites excluding steroid dienone is 2. The van der Waals surface area contributed by atoms with Crippen LogP contribution in [-0.2, 0) is 0 Å². The maximum Gasteiger partial charge on any atom is -0.0183 e. The summed E-state index contributed by atoms with van der Waals surface area (Å²) in [6.07, 6.45) is 4.89. The van der Waals surface area contributed by atoms with Crippen molar-refractivity contribution in [2.75, 3.05) is 0 Å². The van der Waals surface area contributed by atoms with Gasteiger partial charge in [0.25, 0.3) is 0 Å². The Bertz CT molecular complexity index is 120. The fraction of sp³-hybridized carbons (Fsp3) is 0.818. The molecule has 0 N–H and O–H groups in total. The first-order chi connectivity index (χ1) is 5.13. The van der Waals surface area contributed by atoms with Gasteiger partial charge in [0.2, 0.25) is 0 Å². The van der Waals surface area contributed by atoms with E-state index in [1.54, 1.807) is 5.57 Å². The van der Waals surface area contributed by atoms with E-state index >= 15 is 0 Å². The summed E-state index contributed by atoms with van der Waals surface area (Å²) < 4.78 is 0. The zero-order valence-corrected chi connectivity index (χ0v) is 8.65. The van der Waals surface area contributed by atoms with E-state index in [0.29, 0.717) is 0 Å². The van der Waals surface area contributed by atoms with Gasteiger partial charge in [-0.15, -0.1) is 0 Å². The van der Waals surface area contributed by atoms with E-state index in [0.717, 1.165) is 11.8 Å². The summed E-state index contributed by atoms with van der Waals surface area (Å²) in [7, 11) is 0. The smallest absolute Gasteiger partial charge is 0.0183 e. The van der Waals surface area contributed by atoms with E-state index in [-0.39, 0.29) is 0 Å². The Balaban J connectivity index is 4.10. The second-order valence-corrected chi connectivity index (χ2v) is 3.67. The van der Waals surface area contributed by atoms with Gasteiger partial charge in [-0.25, -0.2) is 0 Å². The van der Waals surface area contributed by atoms with Crippen LogP contribution in [-0.4, -0.2) is 0 Å². The lowest BCUT2D eigenvalue weighted by Crippen LogP contribution is -2.09. The van der Waals surface area contributed by atoms with Crippen LogP contribution in [0.3, 0.4) is 0 Å². The number of hydrogen-bond acceptors (Lipinski definition) is 0. The molecule has 0 bridgehead atoms. The summed E-state index contributed by atoms with van der Waals surface area (Å²) in [5.74, 6) is 1.61. The van der Waals surface area contributed by atoms with E-state index in [4.69, 9.17) is 0 Å². The molecular weight excluding hydrogens is 132 g/mol. The molecule has 0 heteroatoms. The first-order valence-corrected chi connectivity index (χ1v) is 4.76. The molecule has 0 aromatic rings. The standard InChI is InChI=1S/C11H22/c1-6-8-11(9(3)4)10(5)7-2/h7,9,11H,6,8H2,1-5H3/b10-7+/t11-/m0/s1. The molecule has 0 aromatic heterocycles. The van der Waals surface area contributed by atoms with Gasteiger partial charge in [0.15, 0.2) is 0 Å². The Morgan fingerprint density at radius 2 is 1.91 bits per heavy atom. The Labute approximate surface area is 71.7 Å². The van der Waals surface area contributed by atoms with Gasteiger partial charge in [0.1, 0.15) is 0 Å². The predicted molar refractivity (Wildman–Crippen MR) is 52.7 cm³/mol. The first-order valence-electron chi connectivity index (χ1n) is 4.76. The molecule has 0 saturated heterocycles. The molecule has 0 aliphatic carbocycles. The molecule has 0 fully saturated rings. The third-order valence-electron chi connectivity index (χ3n) is 2.44. The summed E-state index contributed by atoms with van der Waals surface area (Å²) in [4.78, 5) is 0. The highest BCUT2D eigenvalue weighted by molar-refractivity contribution is 5.02. The molecule has 0 amide bonds. The topological polar surface area (TPSA) is 0 Å². The van der Waals surface area contributed by atoms with Crippen LogP contribution in [0.25, 0.3) is 0 Å². The molecule has 0 unspecified atom stereocenters. The van der Waals surface area contributed by atoms with Gasteiger partial charge in [-0.05, 0) is 32.1 Å². The van der Waals surface area contributed by atoms with Crippen LogP contribution in [0.5, 0.6) is 0 Å². The zero-order valence-electron chi connectivity index (χ0n) is 8.65. The minimum atomic E-state index is 0.797. The van der Waals surface area contributed by atoms with Crippen molar-refractivity contribution in [1.29, 1.82) is 0 Å². The second-order valence-electron chi connectivity index (χ2n) is 3.67. The lowest BCUT2D eigenvalue weighted by Gasteiger charge is -2.20. The predicted octanol–water partition coefficient (Wildman–Crippen LogP) is 4.02. The van der Waals surface area contributed by atoms with Gasteiger partial charge in [-0.2, -0.15) is 0 Å². The van der Waals surface area contributed by atoms with Gasteiger partial charge in [-0.3, -0.25) is 0 Å². The zero-order chi connectivity index (χ0) is 8.85. The van der Waals surface area contributed by atoms with E-state index < -0.39 is 0 Å². The number of rotatable bonds is 4. The molecule has 11 heavy (non-hydrogen) atoms. The molecule has 0 aliphatic heterocycles. The summed E-state index contributed by atoms with van der Waals surface area (Å²) in [6, 6.07) is 0. The third kappa shape index (κ3) is 3.60. The first kappa shape index (κ1) is 10.7. The van der Waals surface area contributed by atoms with Crippen LogP contribution < -0.4 is 0 Å². The lowest BCUT2D eigenvalue weighted by molar-refractivity contribution is 0.410. The molecule has 0 heterocycles. The van der Waals surface area contributed by atoms with Crippen LogP contribution in [0.1, 0.15) is 47.5 Å². The van der Waals surface area contributed by atoms with Gasteiger partial charge >= 0.3 is 0 Å². The fourth-order valence-electron chi connectivity index (χ4n) is 1.61. The van der Waals surface area contributed by atoms with Crippen LogP contribution in [0, 0.1) is 11.8 Å². The average molecular weight is 154 g/mol. The molecule has 0 aliphatic rings. The summed E-state index contributed by atoms with van der Waals surface area (Å²) in [6.45, 7) is 11.3. The van der Waals surface area contributed by atoms with Crippen molar-refractivity contribution >= 4 is 0 Å². The number of hydrogen-bond donors (Lipinski definition) is 0. The van der Waals surface area contributed by atoms with Gasteiger partial charge in [0.05, 0.1) is 0 Å². The van der Waals surface area contributed by atoms with Crippen LogP contribution >= 0.6 is 0 Å². The molecule has 0 rings (SSSR count). The highest BCUT2D eigenvalue weighted by Gasteiger charge is 2.12. The largest absolute Gasteiger partial charge is 0.0884 e. The van der Waals surface area contributed by atoms with Gasteiger partial charge in [0, 0.05) is 0 Å². The molecule has 66 valence electrons. The van der Waals surface area contributed by atoms with E-state index in [2.05, 4.69) is 40.7 Å². The van der Waals surface area contributed by atoms with Crippen LogP contribution in [0.4, 0.5) is 0 Å². The van der Waals surface area contributed by atoms with Crippen molar-refractivity contribution in [2.24, 2.45) is 11.8 Å². The molecule has 1 atom stereocenters. The van der Waals surface area contributed by atoms with Crippen LogP contribution in [0.2, 0.25) is 0 Å². The Morgan fingerprint density at radius 1 is 1.36 bits per heavy atom. The third-order valence-corrected chi connectivity index (χ3v) is 2.44. The maximum absolute atomic E-state index is 2.31. The Hall–Kier alpha value is -0.260. The highest BCUT2D eigenvalue weighted by atomic mass is 14.2. The molecule has 0 aromatic carbocycles. The lowest BCUT2D eigenvalue weighted by atomic mass is 9.85. The van der Waals surface area contributed by atoms with Crippen molar-refractivity contribution in [3.8, 4) is 0 Å². The molecule has 0 spiro atoms. The van der Waals surface area contributed by atoms with E-state index in [1.807, 2.05) is 0 Å². The average Bonchev–Trinajstić information content (AvgIpc) is 1.98. The van der Waals surface area contributed by atoms with E-state index in [9.17, 15) is 0 Å². The van der Waals surface area contributed by atoms with Crippen molar-refractivity contribution < 1.29 is 0 Å². The van der Waals surface area contributed by atoms with E-state index in [1.165, 1.54) is 12.8 Å². The summed E-state index contributed by atoms with van der Waals surface area (Å²) in [5, 5.41) is 0. The fourth-order valence-corrected chi connectivity index (χ4v) is 1.61. The minimum Gasteiger partial charge on any atom is -0.0884 e. The van der Waals surface area contributed by atoms with Crippen molar-refractivity contribution in [1.82, 2.24) is 0 Å². The molecule has 0 nitrogen and oxygen atoms in total. The van der Waals surface area contributed by atoms with Crippen molar-refractivity contribution in [2.45, 2.75) is 47.5 Å². The van der Waals surface area contributed by atoms with Gasteiger partial charge in [-0.1, -0.05) is 38.8 Å².